The van der Waals surface area contributed by atoms with Crippen LogP contribution in [-0.2, 0) is 17.8 Å². The molecule has 0 radical (unpaired) electrons. The highest BCUT2D eigenvalue weighted by atomic mass is 35.5. The lowest BCUT2D eigenvalue weighted by molar-refractivity contribution is -0.136. The Bertz CT molecular complexity index is 1280. The summed E-state index contributed by atoms with van der Waals surface area (Å²) in [5, 5.41) is 10.6. The van der Waals surface area contributed by atoms with Gasteiger partial charge in [0, 0.05) is 28.1 Å². The second-order valence-corrected chi connectivity index (χ2v) is 7.99. The molecule has 4 rings (SSSR count). The number of carbonyl (C=O) groups excluding carboxylic acids is 1. The summed E-state index contributed by atoms with van der Waals surface area (Å²) in [4.78, 5) is 24.5. The summed E-state index contributed by atoms with van der Waals surface area (Å²) in [6, 6.07) is 22.1. The molecule has 1 aromatic heterocycles. The Morgan fingerprint density at radius 3 is 2.41 bits per heavy atom. The molecule has 32 heavy (non-hydrogen) atoms. The Labute approximate surface area is 190 Å². The molecule has 0 aliphatic rings. The maximum absolute atomic E-state index is 13.3. The second-order valence-electron chi connectivity index (χ2n) is 7.56. The fourth-order valence-electron chi connectivity index (χ4n) is 3.82. The predicted octanol–water partition coefficient (Wildman–Crippen LogP) is 5.89. The monoisotopic (exact) mass is 447 g/mol. The molecule has 0 bridgehead atoms. The summed E-state index contributed by atoms with van der Waals surface area (Å²) in [5.74, 6) is -0.413. The molecule has 0 fully saturated rings. The van der Waals surface area contributed by atoms with E-state index in [4.69, 9.17) is 16.3 Å². The third-order valence-electron chi connectivity index (χ3n) is 5.44. The van der Waals surface area contributed by atoms with Crippen LogP contribution in [0, 0.1) is 6.92 Å². The fraction of sp³-hybridized carbons (Fsp3) is 0.154. The third kappa shape index (κ3) is 4.53. The number of aryl methyl sites for hydroxylation is 1. The zero-order chi connectivity index (χ0) is 22.7. The maximum Gasteiger partial charge on any atom is 0.303 e. The Morgan fingerprint density at radius 2 is 1.72 bits per heavy atom. The maximum atomic E-state index is 13.3. The smallest absolute Gasteiger partial charge is 0.303 e. The average molecular weight is 448 g/mol. The van der Waals surface area contributed by atoms with Crippen LogP contribution in [0.15, 0.2) is 72.8 Å². The highest BCUT2D eigenvalue weighted by Gasteiger charge is 2.21. The van der Waals surface area contributed by atoms with Crippen LogP contribution in [0.25, 0.3) is 10.9 Å². The number of carboxylic acid groups (broad SMARTS) is 1. The molecule has 1 heterocycles. The van der Waals surface area contributed by atoms with Crippen molar-refractivity contribution in [2.24, 2.45) is 0 Å². The quantitative estimate of drug-likeness (QED) is 0.383. The molecule has 4 aromatic rings. The Morgan fingerprint density at radius 1 is 1.00 bits per heavy atom. The zero-order valence-corrected chi connectivity index (χ0v) is 18.3. The number of hydrogen-bond donors (Lipinski definition) is 1. The van der Waals surface area contributed by atoms with Gasteiger partial charge in [-0.3, -0.25) is 14.2 Å². The zero-order valence-electron chi connectivity index (χ0n) is 17.5. The summed E-state index contributed by atoms with van der Waals surface area (Å²) < 4.78 is 7.60. The Kier molecular flexibility index (Phi) is 6.28. The van der Waals surface area contributed by atoms with E-state index < -0.39 is 5.97 Å². The van der Waals surface area contributed by atoms with E-state index in [-0.39, 0.29) is 12.3 Å². The summed E-state index contributed by atoms with van der Waals surface area (Å²) in [7, 11) is 0. The number of aliphatic carboxylic acids is 1. The van der Waals surface area contributed by atoms with E-state index in [1.54, 1.807) is 28.8 Å². The first kappa shape index (κ1) is 21.7. The van der Waals surface area contributed by atoms with Crippen LogP contribution >= 0.6 is 11.6 Å². The first-order valence-electron chi connectivity index (χ1n) is 10.3. The lowest BCUT2D eigenvalue weighted by atomic mass is 10.1. The molecule has 3 aromatic carbocycles. The van der Waals surface area contributed by atoms with Gasteiger partial charge in [-0.2, -0.15) is 0 Å². The van der Waals surface area contributed by atoms with Crippen molar-refractivity contribution >= 4 is 34.4 Å². The molecule has 0 atom stereocenters. The molecule has 0 aliphatic heterocycles. The van der Waals surface area contributed by atoms with E-state index >= 15 is 0 Å². The van der Waals surface area contributed by atoms with Crippen LogP contribution in [0.2, 0.25) is 5.02 Å². The second kappa shape index (κ2) is 9.28. The van der Waals surface area contributed by atoms with Crippen molar-refractivity contribution in [3.05, 3.63) is 100 Å². The SMILES string of the molecule is Cc1c(CCC(=O)O)c2cc(OCc3ccccc3)ccc2n1C(=O)c1ccc(Cl)cc1. The van der Waals surface area contributed by atoms with Gasteiger partial charge in [-0.05, 0) is 66.9 Å². The normalized spacial score (nSPS) is 10.9. The number of rotatable bonds is 7. The van der Waals surface area contributed by atoms with Gasteiger partial charge in [0.05, 0.1) is 5.52 Å². The minimum absolute atomic E-state index is 0.0236. The summed E-state index contributed by atoms with van der Waals surface area (Å²) >= 11 is 5.97. The molecule has 6 heteroatoms. The number of halogens is 1. The average Bonchev–Trinajstić information content (AvgIpc) is 3.07. The number of carboxylic acids is 1. The first-order chi connectivity index (χ1) is 15.4. The minimum Gasteiger partial charge on any atom is -0.489 e. The van der Waals surface area contributed by atoms with Crippen LogP contribution < -0.4 is 4.74 Å². The van der Waals surface area contributed by atoms with Crippen LogP contribution in [0.4, 0.5) is 0 Å². The van der Waals surface area contributed by atoms with E-state index in [1.807, 2.05) is 55.5 Å². The summed E-state index contributed by atoms with van der Waals surface area (Å²) in [6.07, 6.45) is 0.297. The van der Waals surface area contributed by atoms with Crippen molar-refractivity contribution in [3.8, 4) is 5.75 Å². The molecule has 0 saturated heterocycles. The topological polar surface area (TPSA) is 68.5 Å². The molecule has 0 amide bonds. The van der Waals surface area contributed by atoms with E-state index in [2.05, 4.69) is 0 Å². The van der Waals surface area contributed by atoms with Crippen LogP contribution in [0.3, 0.4) is 0 Å². The molecule has 0 spiro atoms. The highest BCUT2D eigenvalue weighted by Crippen LogP contribution is 2.31. The molecule has 5 nitrogen and oxygen atoms in total. The fourth-order valence-corrected chi connectivity index (χ4v) is 3.95. The number of nitrogens with zero attached hydrogens (tertiary/aromatic N) is 1. The van der Waals surface area contributed by atoms with Crippen LogP contribution in [0.5, 0.6) is 5.75 Å². The standard InChI is InChI=1S/C26H22ClNO4/c1-17-22(12-14-25(29)30)23-15-21(32-16-18-5-3-2-4-6-18)11-13-24(23)28(17)26(31)19-7-9-20(27)10-8-19/h2-11,13,15H,12,14,16H2,1H3,(H,29,30). The minimum atomic E-state index is -0.884. The summed E-state index contributed by atoms with van der Waals surface area (Å²) in [5.41, 5.74) is 3.82. The van der Waals surface area contributed by atoms with Gasteiger partial charge in [-0.15, -0.1) is 0 Å². The van der Waals surface area contributed by atoms with Crippen molar-refractivity contribution < 1.29 is 19.4 Å². The van der Waals surface area contributed by atoms with Crippen molar-refractivity contribution in [2.45, 2.75) is 26.4 Å². The number of fused-ring (bicyclic) bond motifs is 1. The Hall–Kier alpha value is -3.57. The lowest BCUT2D eigenvalue weighted by Gasteiger charge is -2.09. The van der Waals surface area contributed by atoms with Crippen molar-refractivity contribution in [3.63, 3.8) is 0 Å². The number of hydrogen-bond acceptors (Lipinski definition) is 3. The van der Waals surface area contributed by atoms with Gasteiger partial charge in [0.1, 0.15) is 12.4 Å². The van der Waals surface area contributed by atoms with Crippen LogP contribution in [-0.4, -0.2) is 21.6 Å². The van der Waals surface area contributed by atoms with Crippen molar-refractivity contribution in [2.75, 3.05) is 0 Å². The molecule has 1 N–H and O–H groups in total. The van der Waals surface area contributed by atoms with E-state index in [9.17, 15) is 14.7 Å². The molecular formula is C26H22ClNO4. The van der Waals surface area contributed by atoms with Crippen molar-refractivity contribution in [1.29, 1.82) is 0 Å². The van der Waals surface area contributed by atoms with Gasteiger partial charge in [0.2, 0.25) is 0 Å². The number of carbonyl (C=O) groups is 2. The Balaban J connectivity index is 1.74. The molecule has 162 valence electrons. The number of aromatic nitrogens is 1. The molecule has 0 unspecified atom stereocenters. The molecule has 0 aliphatic carbocycles. The van der Waals surface area contributed by atoms with Gasteiger partial charge in [-0.25, -0.2) is 0 Å². The molecule has 0 saturated carbocycles. The molecular weight excluding hydrogens is 426 g/mol. The predicted molar refractivity (Wildman–Crippen MR) is 125 cm³/mol. The van der Waals surface area contributed by atoms with E-state index in [0.29, 0.717) is 29.4 Å². The summed E-state index contributed by atoms with van der Waals surface area (Å²) in [6.45, 7) is 2.26. The van der Waals surface area contributed by atoms with Gasteiger partial charge < -0.3 is 9.84 Å². The van der Waals surface area contributed by atoms with E-state index in [0.717, 1.165) is 27.7 Å². The first-order valence-corrected chi connectivity index (χ1v) is 10.6. The van der Waals surface area contributed by atoms with Gasteiger partial charge in [0.25, 0.3) is 5.91 Å². The number of ether oxygens (including phenoxy) is 1. The number of benzene rings is 3. The van der Waals surface area contributed by atoms with Gasteiger partial charge >= 0.3 is 5.97 Å². The van der Waals surface area contributed by atoms with Crippen molar-refractivity contribution in [1.82, 2.24) is 4.57 Å². The third-order valence-corrected chi connectivity index (χ3v) is 5.69. The van der Waals surface area contributed by atoms with Crippen LogP contribution in [0.1, 0.15) is 33.6 Å². The largest absolute Gasteiger partial charge is 0.489 e. The van der Waals surface area contributed by atoms with Gasteiger partial charge in [-0.1, -0.05) is 41.9 Å². The van der Waals surface area contributed by atoms with Gasteiger partial charge in [0.15, 0.2) is 0 Å². The highest BCUT2D eigenvalue weighted by molar-refractivity contribution is 6.30. The lowest BCUT2D eigenvalue weighted by Crippen LogP contribution is -2.13. The van der Waals surface area contributed by atoms with E-state index in [1.165, 1.54) is 0 Å².